The molecule has 0 atom stereocenters. The van der Waals surface area contributed by atoms with E-state index >= 15 is 0 Å². The van der Waals surface area contributed by atoms with Crippen molar-refractivity contribution >= 4 is 17.1 Å². The first-order valence-electron chi connectivity index (χ1n) is 6.83. The third-order valence-electron chi connectivity index (χ3n) is 4.08. The molecule has 18 heavy (non-hydrogen) atoms. The molecule has 0 radical (unpaired) electrons. The van der Waals surface area contributed by atoms with E-state index in [0.29, 0.717) is 11.8 Å². The van der Waals surface area contributed by atoms with Crippen molar-refractivity contribution in [3.63, 3.8) is 0 Å². The summed E-state index contributed by atoms with van der Waals surface area (Å²) in [6.45, 7) is 4.49. The third-order valence-corrected chi connectivity index (χ3v) is 4.39. The Hall–Kier alpha value is -1.02. The second kappa shape index (κ2) is 4.58. The second-order valence-electron chi connectivity index (χ2n) is 5.62. The zero-order chi connectivity index (χ0) is 12.7. The zero-order valence-electron chi connectivity index (χ0n) is 11.0. The lowest BCUT2D eigenvalue weighted by Gasteiger charge is -2.20. The van der Waals surface area contributed by atoms with E-state index in [0.717, 1.165) is 10.5 Å². The highest BCUT2D eigenvalue weighted by molar-refractivity contribution is 6.33. The van der Waals surface area contributed by atoms with E-state index in [1.54, 1.807) is 0 Å². The standard InChI is InChI=1S/C15H19ClN2/c1-10(2)12-7-13(16)14-8-17-9-18(14)15(12)11-5-3-4-6-11/h7-11H,3-6H2,1-2H3. The summed E-state index contributed by atoms with van der Waals surface area (Å²) in [4.78, 5) is 4.27. The van der Waals surface area contributed by atoms with Crippen molar-refractivity contribution in [2.75, 3.05) is 0 Å². The molecule has 0 amide bonds. The highest BCUT2D eigenvalue weighted by atomic mass is 35.5. The topological polar surface area (TPSA) is 17.3 Å². The molecule has 1 aliphatic carbocycles. The van der Waals surface area contributed by atoms with E-state index in [1.165, 1.54) is 36.9 Å². The molecule has 2 heterocycles. The van der Waals surface area contributed by atoms with Crippen LogP contribution in [-0.2, 0) is 0 Å². The normalized spacial score (nSPS) is 17.1. The number of imidazole rings is 1. The lowest BCUT2D eigenvalue weighted by Crippen LogP contribution is -2.08. The third kappa shape index (κ3) is 1.83. The first-order chi connectivity index (χ1) is 8.68. The van der Waals surface area contributed by atoms with E-state index < -0.39 is 0 Å². The Morgan fingerprint density at radius 1 is 1.33 bits per heavy atom. The summed E-state index contributed by atoms with van der Waals surface area (Å²) in [5, 5.41) is 0.818. The quantitative estimate of drug-likeness (QED) is 0.762. The van der Waals surface area contributed by atoms with Gasteiger partial charge in [-0.05, 0) is 36.3 Å². The van der Waals surface area contributed by atoms with Crippen molar-refractivity contribution < 1.29 is 0 Å². The Bertz CT molecular complexity index is 565. The van der Waals surface area contributed by atoms with Crippen LogP contribution in [0, 0.1) is 0 Å². The minimum atomic E-state index is 0.505. The van der Waals surface area contributed by atoms with Crippen molar-refractivity contribution in [1.29, 1.82) is 0 Å². The van der Waals surface area contributed by atoms with Gasteiger partial charge in [-0.3, -0.25) is 0 Å². The van der Waals surface area contributed by atoms with Gasteiger partial charge in [0.2, 0.25) is 0 Å². The monoisotopic (exact) mass is 262 g/mol. The molecule has 2 nitrogen and oxygen atoms in total. The van der Waals surface area contributed by atoms with E-state index in [1.807, 2.05) is 12.5 Å². The van der Waals surface area contributed by atoms with Gasteiger partial charge >= 0.3 is 0 Å². The zero-order valence-corrected chi connectivity index (χ0v) is 11.7. The number of nitrogens with zero attached hydrogens (tertiary/aromatic N) is 2. The molecule has 0 aromatic carbocycles. The highest BCUT2D eigenvalue weighted by Crippen LogP contribution is 2.39. The maximum absolute atomic E-state index is 6.37. The minimum Gasteiger partial charge on any atom is -0.301 e. The fourth-order valence-electron chi connectivity index (χ4n) is 3.18. The van der Waals surface area contributed by atoms with Crippen molar-refractivity contribution in [3.8, 4) is 0 Å². The molecule has 0 bridgehead atoms. The molecule has 2 aromatic rings. The van der Waals surface area contributed by atoms with Crippen LogP contribution in [0.4, 0.5) is 0 Å². The van der Waals surface area contributed by atoms with Crippen LogP contribution in [0.5, 0.6) is 0 Å². The van der Waals surface area contributed by atoms with Crippen molar-refractivity contribution in [2.45, 2.75) is 51.4 Å². The fourth-order valence-corrected chi connectivity index (χ4v) is 3.44. The van der Waals surface area contributed by atoms with Crippen molar-refractivity contribution in [3.05, 3.63) is 34.9 Å². The maximum atomic E-state index is 6.37. The number of halogens is 1. The van der Waals surface area contributed by atoms with E-state index in [9.17, 15) is 0 Å². The van der Waals surface area contributed by atoms with Gasteiger partial charge in [0.1, 0.15) is 0 Å². The molecule has 0 N–H and O–H groups in total. The summed E-state index contributed by atoms with van der Waals surface area (Å²) in [6, 6.07) is 2.15. The molecular formula is C15H19ClN2. The van der Waals surface area contributed by atoms with Gasteiger partial charge in [0.15, 0.2) is 0 Å². The second-order valence-corrected chi connectivity index (χ2v) is 6.03. The molecule has 1 aliphatic rings. The summed E-state index contributed by atoms with van der Waals surface area (Å²) in [5.41, 5.74) is 3.87. The number of pyridine rings is 1. The van der Waals surface area contributed by atoms with Crippen LogP contribution in [0.1, 0.15) is 62.6 Å². The van der Waals surface area contributed by atoms with Gasteiger partial charge < -0.3 is 4.40 Å². The number of fused-ring (bicyclic) bond motifs is 1. The molecule has 2 aromatic heterocycles. The SMILES string of the molecule is CC(C)c1cc(Cl)c2cncn2c1C1CCCC1. The molecule has 1 fully saturated rings. The number of hydrogen-bond acceptors (Lipinski definition) is 1. The summed E-state index contributed by atoms with van der Waals surface area (Å²) in [7, 11) is 0. The average molecular weight is 263 g/mol. The molecule has 0 unspecified atom stereocenters. The predicted octanol–water partition coefficient (Wildman–Crippen LogP) is 4.77. The van der Waals surface area contributed by atoms with Gasteiger partial charge in [-0.2, -0.15) is 0 Å². The largest absolute Gasteiger partial charge is 0.301 e. The Labute approximate surface area is 113 Å². The predicted molar refractivity (Wildman–Crippen MR) is 75.5 cm³/mol. The molecular weight excluding hydrogens is 244 g/mol. The van der Waals surface area contributed by atoms with Gasteiger partial charge in [0.05, 0.1) is 23.1 Å². The van der Waals surface area contributed by atoms with Crippen LogP contribution in [0.25, 0.3) is 5.52 Å². The number of aromatic nitrogens is 2. The van der Waals surface area contributed by atoms with E-state index in [-0.39, 0.29) is 0 Å². The van der Waals surface area contributed by atoms with Crippen LogP contribution >= 0.6 is 11.6 Å². The number of hydrogen-bond donors (Lipinski definition) is 0. The first-order valence-corrected chi connectivity index (χ1v) is 7.20. The van der Waals surface area contributed by atoms with Gasteiger partial charge in [0.25, 0.3) is 0 Å². The summed E-state index contributed by atoms with van der Waals surface area (Å²) in [5.74, 6) is 1.18. The smallest absolute Gasteiger partial charge is 0.0994 e. The number of rotatable bonds is 2. The molecule has 96 valence electrons. The van der Waals surface area contributed by atoms with Crippen LogP contribution in [0.3, 0.4) is 0 Å². The minimum absolute atomic E-state index is 0.505. The van der Waals surface area contributed by atoms with Crippen molar-refractivity contribution in [2.24, 2.45) is 0 Å². The molecule has 0 spiro atoms. The molecule has 1 saturated carbocycles. The lowest BCUT2D eigenvalue weighted by molar-refractivity contribution is 0.660. The van der Waals surface area contributed by atoms with Gasteiger partial charge in [-0.1, -0.05) is 38.3 Å². The van der Waals surface area contributed by atoms with Crippen LogP contribution < -0.4 is 0 Å². The highest BCUT2D eigenvalue weighted by Gasteiger charge is 2.24. The average Bonchev–Trinajstić information content (AvgIpc) is 2.99. The summed E-state index contributed by atoms with van der Waals surface area (Å²) < 4.78 is 2.22. The van der Waals surface area contributed by atoms with Gasteiger partial charge in [-0.25, -0.2) is 4.98 Å². The molecule has 0 aliphatic heterocycles. The Balaban J connectivity index is 2.27. The lowest BCUT2D eigenvalue weighted by atomic mass is 9.92. The molecule has 3 rings (SSSR count). The Morgan fingerprint density at radius 2 is 2.06 bits per heavy atom. The van der Waals surface area contributed by atoms with E-state index in [2.05, 4.69) is 29.3 Å². The van der Waals surface area contributed by atoms with Crippen LogP contribution in [0.15, 0.2) is 18.6 Å². The molecule has 0 saturated heterocycles. The summed E-state index contributed by atoms with van der Waals surface area (Å²) >= 11 is 6.37. The molecule has 3 heteroatoms. The Morgan fingerprint density at radius 3 is 2.72 bits per heavy atom. The Kier molecular flexibility index (Phi) is 3.06. The van der Waals surface area contributed by atoms with Crippen LogP contribution in [-0.4, -0.2) is 9.38 Å². The van der Waals surface area contributed by atoms with Crippen LogP contribution in [0.2, 0.25) is 5.02 Å². The van der Waals surface area contributed by atoms with Gasteiger partial charge in [0, 0.05) is 5.69 Å². The fraction of sp³-hybridized carbons (Fsp3) is 0.533. The van der Waals surface area contributed by atoms with E-state index in [4.69, 9.17) is 11.6 Å². The summed E-state index contributed by atoms with van der Waals surface area (Å²) in [6.07, 6.45) is 9.08. The van der Waals surface area contributed by atoms with Crippen molar-refractivity contribution in [1.82, 2.24) is 9.38 Å². The maximum Gasteiger partial charge on any atom is 0.0994 e. The van der Waals surface area contributed by atoms with Gasteiger partial charge in [-0.15, -0.1) is 0 Å². The first kappa shape index (κ1) is 12.0.